The van der Waals surface area contributed by atoms with Crippen LogP contribution in [0.2, 0.25) is 0 Å². The van der Waals surface area contributed by atoms with Crippen LogP contribution in [-0.2, 0) is 4.79 Å². The standard InChI is InChI=1S/C16H24N2OS/c1-4-7-16(8-9-16)10-18-14(17-12(3)15(18)19)13-6-5-11(2)20-13/h5-6,12,14,17H,4,7-10H2,1-3H3. The number of carbonyl (C=O) groups is 1. The zero-order chi connectivity index (χ0) is 14.3. The van der Waals surface area contributed by atoms with Crippen molar-refractivity contribution < 1.29 is 4.79 Å². The van der Waals surface area contributed by atoms with Crippen molar-refractivity contribution in [3.63, 3.8) is 0 Å². The summed E-state index contributed by atoms with van der Waals surface area (Å²) < 4.78 is 0. The molecule has 1 aromatic rings. The number of carbonyl (C=O) groups excluding carboxylic acids is 1. The summed E-state index contributed by atoms with van der Waals surface area (Å²) >= 11 is 1.80. The Labute approximate surface area is 125 Å². The van der Waals surface area contributed by atoms with E-state index in [1.807, 2.05) is 6.92 Å². The lowest BCUT2D eigenvalue weighted by atomic mass is 10.00. The first kappa shape index (κ1) is 14.1. The lowest BCUT2D eigenvalue weighted by molar-refractivity contribution is -0.130. The van der Waals surface area contributed by atoms with Crippen molar-refractivity contribution in [2.45, 2.75) is 58.7 Å². The molecule has 2 unspecified atom stereocenters. The molecule has 2 aliphatic rings. The van der Waals surface area contributed by atoms with Crippen LogP contribution in [0.5, 0.6) is 0 Å². The summed E-state index contributed by atoms with van der Waals surface area (Å²) in [6, 6.07) is 4.25. The first-order chi connectivity index (χ1) is 9.54. The summed E-state index contributed by atoms with van der Waals surface area (Å²) in [5.74, 6) is 0.267. The van der Waals surface area contributed by atoms with E-state index >= 15 is 0 Å². The average Bonchev–Trinajstić information content (AvgIpc) is 2.94. The van der Waals surface area contributed by atoms with E-state index in [2.05, 4.69) is 36.2 Å². The van der Waals surface area contributed by atoms with Gasteiger partial charge in [-0.05, 0) is 50.7 Å². The molecule has 0 aromatic carbocycles. The van der Waals surface area contributed by atoms with Crippen LogP contribution in [0.25, 0.3) is 0 Å². The van der Waals surface area contributed by atoms with Crippen molar-refractivity contribution in [2.24, 2.45) is 5.41 Å². The maximum atomic E-state index is 12.5. The van der Waals surface area contributed by atoms with Crippen LogP contribution in [0, 0.1) is 12.3 Å². The Morgan fingerprint density at radius 3 is 2.75 bits per heavy atom. The zero-order valence-corrected chi connectivity index (χ0v) is 13.4. The second-order valence-electron chi connectivity index (χ2n) is 6.46. The fourth-order valence-electron chi connectivity index (χ4n) is 3.33. The normalized spacial score (nSPS) is 28.1. The first-order valence-corrected chi connectivity index (χ1v) is 8.49. The SMILES string of the molecule is CCCC1(CN2C(=O)C(C)NC2c2ccc(C)s2)CC1. The highest BCUT2D eigenvalue weighted by Gasteiger charge is 2.48. The maximum Gasteiger partial charge on any atom is 0.241 e. The lowest BCUT2D eigenvalue weighted by Gasteiger charge is -2.28. The molecule has 1 N–H and O–H groups in total. The molecule has 3 nitrogen and oxygen atoms in total. The Kier molecular flexibility index (Phi) is 3.63. The molecule has 1 saturated heterocycles. The molecule has 4 heteroatoms. The molecule has 2 atom stereocenters. The molecule has 1 amide bonds. The minimum absolute atomic E-state index is 0.0557. The monoisotopic (exact) mass is 292 g/mol. The fraction of sp³-hybridized carbons (Fsp3) is 0.688. The van der Waals surface area contributed by atoms with Crippen LogP contribution in [0.1, 0.15) is 55.5 Å². The van der Waals surface area contributed by atoms with Gasteiger partial charge in [-0.3, -0.25) is 10.1 Å². The summed E-state index contributed by atoms with van der Waals surface area (Å²) in [4.78, 5) is 17.1. The van der Waals surface area contributed by atoms with Gasteiger partial charge in [-0.25, -0.2) is 0 Å². The molecule has 1 saturated carbocycles. The molecule has 0 spiro atoms. The third-order valence-corrected chi connectivity index (χ3v) is 5.70. The Bertz CT molecular complexity index is 506. The van der Waals surface area contributed by atoms with E-state index in [1.165, 1.54) is 35.4 Å². The van der Waals surface area contributed by atoms with Crippen molar-refractivity contribution in [1.82, 2.24) is 10.2 Å². The van der Waals surface area contributed by atoms with E-state index in [0.717, 1.165) is 6.54 Å². The van der Waals surface area contributed by atoms with Gasteiger partial charge in [0.2, 0.25) is 5.91 Å². The number of rotatable bonds is 5. The van der Waals surface area contributed by atoms with Crippen LogP contribution in [0.15, 0.2) is 12.1 Å². The summed E-state index contributed by atoms with van der Waals surface area (Å²) in [5.41, 5.74) is 0.417. The number of aryl methyl sites for hydroxylation is 1. The molecule has 1 aliphatic carbocycles. The number of nitrogens with zero attached hydrogens (tertiary/aromatic N) is 1. The molecule has 0 radical (unpaired) electrons. The molecule has 1 aromatic heterocycles. The number of amides is 1. The van der Waals surface area contributed by atoms with Gasteiger partial charge in [-0.1, -0.05) is 13.3 Å². The third kappa shape index (κ3) is 2.51. The highest BCUT2D eigenvalue weighted by molar-refractivity contribution is 7.12. The predicted octanol–water partition coefficient (Wildman–Crippen LogP) is 3.46. The van der Waals surface area contributed by atoms with E-state index in [0.29, 0.717) is 5.41 Å². The van der Waals surface area contributed by atoms with Crippen molar-refractivity contribution in [2.75, 3.05) is 6.54 Å². The van der Waals surface area contributed by atoms with Gasteiger partial charge in [0.1, 0.15) is 6.17 Å². The number of hydrogen-bond acceptors (Lipinski definition) is 3. The molecule has 2 fully saturated rings. The molecule has 2 heterocycles. The summed E-state index contributed by atoms with van der Waals surface area (Å²) in [6.07, 6.45) is 5.13. The van der Waals surface area contributed by atoms with Crippen LogP contribution in [0.4, 0.5) is 0 Å². The minimum atomic E-state index is -0.0557. The number of nitrogens with one attached hydrogen (secondary N) is 1. The van der Waals surface area contributed by atoms with Crippen molar-refractivity contribution >= 4 is 17.2 Å². The topological polar surface area (TPSA) is 32.3 Å². The van der Waals surface area contributed by atoms with Gasteiger partial charge in [0.25, 0.3) is 0 Å². The van der Waals surface area contributed by atoms with Crippen molar-refractivity contribution in [1.29, 1.82) is 0 Å². The van der Waals surface area contributed by atoms with Crippen LogP contribution < -0.4 is 5.32 Å². The van der Waals surface area contributed by atoms with E-state index in [-0.39, 0.29) is 18.1 Å². The number of hydrogen-bond donors (Lipinski definition) is 1. The molecular weight excluding hydrogens is 268 g/mol. The predicted molar refractivity (Wildman–Crippen MR) is 82.7 cm³/mol. The van der Waals surface area contributed by atoms with Crippen molar-refractivity contribution in [3.05, 3.63) is 21.9 Å². The summed E-state index contributed by atoms with van der Waals surface area (Å²) in [5, 5.41) is 3.46. The highest BCUT2D eigenvalue weighted by atomic mass is 32.1. The van der Waals surface area contributed by atoms with Gasteiger partial charge < -0.3 is 4.90 Å². The molecule has 3 rings (SSSR count). The van der Waals surface area contributed by atoms with Gasteiger partial charge in [0.15, 0.2) is 0 Å². The molecular formula is C16H24N2OS. The summed E-state index contributed by atoms with van der Waals surface area (Å²) in [7, 11) is 0. The highest BCUT2D eigenvalue weighted by Crippen LogP contribution is 2.51. The van der Waals surface area contributed by atoms with E-state index < -0.39 is 0 Å². The second-order valence-corrected chi connectivity index (χ2v) is 7.77. The Hall–Kier alpha value is -0.870. The Morgan fingerprint density at radius 1 is 1.45 bits per heavy atom. The smallest absolute Gasteiger partial charge is 0.241 e. The molecule has 110 valence electrons. The number of thiophene rings is 1. The third-order valence-electron chi connectivity index (χ3n) is 4.65. The maximum absolute atomic E-state index is 12.5. The lowest BCUT2D eigenvalue weighted by Crippen LogP contribution is -2.35. The first-order valence-electron chi connectivity index (χ1n) is 7.67. The van der Waals surface area contributed by atoms with Gasteiger partial charge >= 0.3 is 0 Å². The molecule has 1 aliphatic heterocycles. The Balaban J connectivity index is 1.80. The average molecular weight is 292 g/mol. The van der Waals surface area contributed by atoms with Gasteiger partial charge in [-0.15, -0.1) is 11.3 Å². The fourth-order valence-corrected chi connectivity index (χ4v) is 4.29. The van der Waals surface area contributed by atoms with Gasteiger partial charge in [0.05, 0.1) is 6.04 Å². The van der Waals surface area contributed by atoms with Crippen LogP contribution in [0.3, 0.4) is 0 Å². The summed E-state index contributed by atoms with van der Waals surface area (Å²) in [6.45, 7) is 7.28. The zero-order valence-electron chi connectivity index (χ0n) is 12.6. The van der Waals surface area contributed by atoms with Gasteiger partial charge in [0, 0.05) is 16.3 Å². The van der Waals surface area contributed by atoms with Crippen LogP contribution in [-0.4, -0.2) is 23.4 Å². The quantitative estimate of drug-likeness (QED) is 0.901. The van der Waals surface area contributed by atoms with E-state index in [9.17, 15) is 4.79 Å². The van der Waals surface area contributed by atoms with E-state index in [4.69, 9.17) is 0 Å². The molecule has 20 heavy (non-hydrogen) atoms. The minimum Gasteiger partial charge on any atom is -0.320 e. The van der Waals surface area contributed by atoms with Crippen LogP contribution >= 0.6 is 11.3 Å². The Morgan fingerprint density at radius 2 is 2.20 bits per heavy atom. The largest absolute Gasteiger partial charge is 0.320 e. The second kappa shape index (κ2) is 5.15. The molecule has 0 bridgehead atoms. The van der Waals surface area contributed by atoms with E-state index in [1.54, 1.807) is 11.3 Å². The van der Waals surface area contributed by atoms with Gasteiger partial charge in [-0.2, -0.15) is 0 Å². The van der Waals surface area contributed by atoms with Crippen molar-refractivity contribution in [3.8, 4) is 0 Å².